The fraction of sp³-hybridized carbons (Fsp3) is 0.370. The van der Waals surface area contributed by atoms with Gasteiger partial charge in [-0.3, -0.25) is 4.68 Å². The van der Waals surface area contributed by atoms with E-state index >= 15 is 0 Å². The smallest absolute Gasteiger partial charge is 0.162 e. The standard InChI is InChI=1S/C27H26F2N6O2/c1-26(2)18-6-8-27(26,24-17(18)10-21(33-34-24)23-19(28)4-3-5-20(23)29)22-7-9-30-25(32-22)15-11-31-35(12-15)13-16(37)14-36/h3-5,7,9-12,16,18,36-37H,6,8,13-14H2,1-2H3/t16-,18+,27+/m1/s1. The van der Waals surface area contributed by atoms with E-state index in [4.69, 9.17) is 10.1 Å². The maximum Gasteiger partial charge on any atom is 0.162 e. The van der Waals surface area contributed by atoms with Crippen molar-refractivity contribution < 1.29 is 19.0 Å². The van der Waals surface area contributed by atoms with Gasteiger partial charge in [0, 0.05) is 12.4 Å². The lowest BCUT2D eigenvalue weighted by Gasteiger charge is -2.37. The average molecular weight is 505 g/mol. The Morgan fingerprint density at radius 2 is 1.95 bits per heavy atom. The Balaban J connectivity index is 1.43. The third-order valence-electron chi connectivity index (χ3n) is 8.19. The molecule has 1 fully saturated rings. The Bertz CT molecular complexity index is 1490. The van der Waals surface area contributed by atoms with Crippen LogP contribution in [0.1, 0.15) is 49.6 Å². The number of hydrogen-bond donors (Lipinski definition) is 2. The summed E-state index contributed by atoms with van der Waals surface area (Å²) < 4.78 is 30.6. The molecular formula is C27H26F2N6O2. The highest BCUT2D eigenvalue weighted by Gasteiger charge is 2.65. The van der Waals surface area contributed by atoms with Gasteiger partial charge in [-0.15, -0.1) is 5.10 Å². The van der Waals surface area contributed by atoms with Crippen molar-refractivity contribution in [2.75, 3.05) is 6.61 Å². The van der Waals surface area contributed by atoms with Crippen LogP contribution in [0.15, 0.2) is 48.9 Å². The molecule has 37 heavy (non-hydrogen) atoms. The molecule has 3 atom stereocenters. The Kier molecular flexibility index (Phi) is 5.43. The molecule has 0 unspecified atom stereocenters. The van der Waals surface area contributed by atoms with Crippen LogP contribution in [0.2, 0.25) is 0 Å². The van der Waals surface area contributed by atoms with Crippen LogP contribution >= 0.6 is 0 Å². The van der Waals surface area contributed by atoms with E-state index in [-0.39, 0.29) is 35.7 Å². The predicted molar refractivity (Wildman–Crippen MR) is 130 cm³/mol. The molecule has 190 valence electrons. The molecule has 2 N–H and O–H groups in total. The van der Waals surface area contributed by atoms with Crippen molar-refractivity contribution >= 4 is 0 Å². The zero-order valence-electron chi connectivity index (χ0n) is 20.4. The molecule has 3 aromatic heterocycles. The molecule has 0 spiro atoms. The van der Waals surface area contributed by atoms with Gasteiger partial charge in [-0.2, -0.15) is 10.2 Å². The van der Waals surface area contributed by atoms with Gasteiger partial charge in [0.25, 0.3) is 0 Å². The fourth-order valence-corrected chi connectivity index (χ4v) is 6.34. The Hall–Kier alpha value is -3.63. The molecule has 1 aromatic carbocycles. The maximum atomic E-state index is 14.5. The number of aliphatic hydroxyl groups is 2. The van der Waals surface area contributed by atoms with Crippen molar-refractivity contribution in [1.29, 1.82) is 0 Å². The molecule has 10 heteroatoms. The van der Waals surface area contributed by atoms with E-state index in [0.29, 0.717) is 11.4 Å². The van der Waals surface area contributed by atoms with Gasteiger partial charge in [0.05, 0.1) is 59.1 Å². The summed E-state index contributed by atoms with van der Waals surface area (Å²) in [6.45, 7) is 4.17. The van der Waals surface area contributed by atoms with E-state index in [9.17, 15) is 13.9 Å². The molecule has 4 aromatic rings. The van der Waals surface area contributed by atoms with Gasteiger partial charge in [-0.1, -0.05) is 19.9 Å². The summed E-state index contributed by atoms with van der Waals surface area (Å²) >= 11 is 0. The highest BCUT2D eigenvalue weighted by molar-refractivity contribution is 5.64. The molecule has 0 radical (unpaired) electrons. The predicted octanol–water partition coefficient (Wildman–Crippen LogP) is 3.63. The van der Waals surface area contributed by atoms with Crippen LogP contribution in [0.5, 0.6) is 0 Å². The summed E-state index contributed by atoms with van der Waals surface area (Å²) in [5.74, 6) is -0.715. The van der Waals surface area contributed by atoms with Gasteiger partial charge in [0.1, 0.15) is 11.6 Å². The van der Waals surface area contributed by atoms with Crippen LogP contribution in [0.3, 0.4) is 0 Å². The molecule has 8 nitrogen and oxygen atoms in total. The minimum Gasteiger partial charge on any atom is -0.394 e. The zero-order valence-corrected chi connectivity index (χ0v) is 20.4. The second kappa shape index (κ2) is 8.46. The third-order valence-corrected chi connectivity index (χ3v) is 8.19. The van der Waals surface area contributed by atoms with E-state index in [1.54, 1.807) is 29.3 Å². The van der Waals surface area contributed by atoms with Crippen molar-refractivity contribution in [2.24, 2.45) is 5.41 Å². The van der Waals surface area contributed by atoms with Gasteiger partial charge < -0.3 is 10.2 Å². The molecule has 1 saturated carbocycles. The molecule has 0 amide bonds. The highest BCUT2D eigenvalue weighted by Crippen LogP contribution is 2.69. The molecular weight excluding hydrogens is 478 g/mol. The zero-order chi connectivity index (χ0) is 25.9. The Morgan fingerprint density at radius 1 is 1.16 bits per heavy atom. The van der Waals surface area contributed by atoms with Crippen molar-refractivity contribution in [1.82, 2.24) is 29.9 Å². The molecule has 2 aliphatic carbocycles. The van der Waals surface area contributed by atoms with Crippen LogP contribution in [-0.2, 0) is 12.0 Å². The summed E-state index contributed by atoms with van der Waals surface area (Å²) in [5.41, 5.74) is 2.46. The number of halogens is 2. The number of aliphatic hydroxyl groups excluding tert-OH is 2. The SMILES string of the molecule is CC1(C)[C@H]2CC[C@]1(c1ccnc(-c3cnn(C[C@@H](O)CO)c3)n1)c1nnc(-c3c(F)cccc3F)cc12. The summed E-state index contributed by atoms with van der Waals surface area (Å²) in [6, 6.07) is 7.46. The quantitative estimate of drug-likeness (QED) is 0.413. The van der Waals surface area contributed by atoms with E-state index in [1.165, 1.54) is 18.2 Å². The number of hydrogen-bond acceptors (Lipinski definition) is 7. The summed E-state index contributed by atoms with van der Waals surface area (Å²) in [5, 5.41) is 32.0. The number of nitrogens with zero attached hydrogens (tertiary/aromatic N) is 6. The molecule has 0 saturated heterocycles. The normalized spacial score (nSPS) is 22.3. The fourth-order valence-electron chi connectivity index (χ4n) is 6.34. The van der Waals surface area contributed by atoms with E-state index in [0.717, 1.165) is 29.8 Å². The van der Waals surface area contributed by atoms with Crippen molar-refractivity contribution in [2.45, 2.75) is 50.7 Å². The number of aromatic nitrogens is 6. The lowest BCUT2D eigenvalue weighted by atomic mass is 9.66. The average Bonchev–Trinajstić information content (AvgIpc) is 3.51. The van der Waals surface area contributed by atoms with Gasteiger partial charge in [-0.05, 0) is 54.0 Å². The van der Waals surface area contributed by atoms with Crippen molar-refractivity contribution in [3.05, 3.63) is 77.5 Å². The lowest BCUT2D eigenvalue weighted by Crippen LogP contribution is -2.38. The van der Waals surface area contributed by atoms with E-state index in [1.807, 2.05) is 6.07 Å². The van der Waals surface area contributed by atoms with Crippen LogP contribution in [0.4, 0.5) is 8.78 Å². The number of benzene rings is 1. The molecule has 3 heterocycles. The maximum absolute atomic E-state index is 14.5. The highest BCUT2D eigenvalue weighted by atomic mass is 19.1. The minimum atomic E-state index is -0.911. The second-order valence-corrected chi connectivity index (χ2v) is 10.4. The van der Waals surface area contributed by atoms with Crippen LogP contribution < -0.4 is 0 Å². The first-order valence-electron chi connectivity index (χ1n) is 12.2. The Labute approximate surface area is 212 Å². The van der Waals surface area contributed by atoms with E-state index in [2.05, 4.69) is 34.1 Å². The molecule has 0 aliphatic heterocycles. The number of fused-ring (bicyclic) bond motifs is 5. The summed E-state index contributed by atoms with van der Waals surface area (Å²) in [6.07, 6.45) is 5.87. The first kappa shape index (κ1) is 23.7. The lowest BCUT2D eigenvalue weighted by molar-refractivity contribution is 0.0783. The van der Waals surface area contributed by atoms with Crippen LogP contribution in [0.25, 0.3) is 22.6 Å². The van der Waals surface area contributed by atoms with Crippen LogP contribution in [-0.4, -0.2) is 52.9 Å². The largest absolute Gasteiger partial charge is 0.394 e. The first-order valence-corrected chi connectivity index (χ1v) is 12.2. The molecule has 6 rings (SSSR count). The second-order valence-electron chi connectivity index (χ2n) is 10.4. The number of rotatable bonds is 6. The summed E-state index contributed by atoms with van der Waals surface area (Å²) in [4.78, 5) is 9.40. The molecule has 2 bridgehead atoms. The van der Waals surface area contributed by atoms with Crippen LogP contribution in [0, 0.1) is 17.0 Å². The van der Waals surface area contributed by atoms with Crippen molar-refractivity contribution in [3.63, 3.8) is 0 Å². The van der Waals surface area contributed by atoms with Gasteiger partial charge >= 0.3 is 0 Å². The summed E-state index contributed by atoms with van der Waals surface area (Å²) in [7, 11) is 0. The van der Waals surface area contributed by atoms with Crippen molar-refractivity contribution in [3.8, 4) is 22.6 Å². The van der Waals surface area contributed by atoms with E-state index < -0.39 is 23.2 Å². The third kappa shape index (κ3) is 3.42. The topological polar surface area (TPSA) is 110 Å². The monoisotopic (exact) mass is 504 g/mol. The van der Waals surface area contributed by atoms with Gasteiger partial charge in [0.15, 0.2) is 5.82 Å². The first-order chi connectivity index (χ1) is 17.8. The van der Waals surface area contributed by atoms with Gasteiger partial charge in [-0.25, -0.2) is 18.7 Å². The van der Waals surface area contributed by atoms with Gasteiger partial charge in [0.2, 0.25) is 0 Å². The Morgan fingerprint density at radius 3 is 2.70 bits per heavy atom. The minimum absolute atomic E-state index is 0.132. The molecule has 2 aliphatic rings.